The number of nitrogens with two attached hydrogens (primary N) is 1. The fourth-order valence-electron chi connectivity index (χ4n) is 1.48. The molecule has 0 aliphatic carbocycles. The molecule has 0 saturated heterocycles. The van der Waals surface area contributed by atoms with Crippen LogP contribution < -0.4 is 5.73 Å². The lowest BCUT2D eigenvalue weighted by Crippen LogP contribution is -2.34. The van der Waals surface area contributed by atoms with Gasteiger partial charge in [0.1, 0.15) is 6.29 Å². The molecule has 0 amide bonds. The second-order valence-corrected chi connectivity index (χ2v) is 3.89. The Balaban J connectivity index is 2.88. The van der Waals surface area contributed by atoms with Crippen molar-refractivity contribution >= 4 is 6.29 Å². The first kappa shape index (κ1) is 10.9. The predicted molar refractivity (Wildman–Crippen MR) is 58.1 cm³/mol. The monoisotopic (exact) mass is 191 g/mol. The van der Waals surface area contributed by atoms with E-state index in [2.05, 4.69) is 0 Å². The molecule has 0 aliphatic heterocycles. The third kappa shape index (κ3) is 2.42. The maximum atomic E-state index is 11.0. The Morgan fingerprint density at radius 1 is 1.21 bits per heavy atom. The van der Waals surface area contributed by atoms with E-state index in [1.807, 2.05) is 44.2 Å². The van der Waals surface area contributed by atoms with E-state index in [-0.39, 0.29) is 12.0 Å². The maximum Gasteiger partial charge on any atom is 0.129 e. The molecule has 1 rings (SSSR count). The van der Waals surface area contributed by atoms with Crippen molar-refractivity contribution in [1.29, 1.82) is 0 Å². The van der Waals surface area contributed by atoms with Crippen molar-refractivity contribution < 1.29 is 4.79 Å². The third-order valence-corrected chi connectivity index (χ3v) is 2.52. The summed E-state index contributed by atoms with van der Waals surface area (Å²) >= 11 is 0. The van der Waals surface area contributed by atoms with Crippen LogP contribution in [0.25, 0.3) is 0 Å². The van der Waals surface area contributed by atoms with Gasteiger partial charge >= 0.3 is 0 Å². The van der Waals surface area contributed by atoms with E-state index in [9.17, 15) is 4.79 Å². The second kappa shape index (κ2) is 4.91. The van der Waals surface area contributed by atoms with Gasteiger partial charge in [-0.3, -0.25) is 0 Å². The minimum Gasteiger partial charge on any atom is -0.327 e. The van der Waals surface area contributed by atoms with E-state index in [0.717, 1.165) is 11.8 Å². The third-order valence-electron chi connectivity index (χ3n) is 2.52. The van der Waals surface area contributed by atoms with Crippen molar-refractivity contribution in [2.75, 3.05) is 0 Å². The fourth-order valence-corrected chi connectivity index (χ4v) is 1.48. The highest BCUT2D eigenvalue weighted by Crippen LogP contribution is 2.20. The van der Waals surface area contributed by atoms with Gasteiger partial charge < -0.3 is 10.5 Å². The SMILES string of the molecule is CC(C)[C@H](N)[C@H](C=O)c1ccccc1. The van der Waals surface area contributed by atoms with Gasteiger partial charge in [0.15, 0.2) is 0 Å². The topological polar surface area (TPSA) is 43.1 Å². The summed E-state index contributed by atoms with van der Waals surface area (Å²) in [4.78, 5) is 11.0. The van der Waals surface area contributed by atoms with Gasteiger partial charge in [0.25, 0.3) is 0 Å². The zero-order chi connectivity index (χ0) is 10.6. The highest BCUT2D eigenvalue weighted by atomic mass is 16.1. The average Bonchev–Trinajstić information content (AvgIpc) is 2.20. The Hall–Kier alpha value is -1.15. The van der Waals surface area contributed by atoms with Crippen LogP contribution in [-0.4, -0.2) is 12.3 Å². The molecule has 2 atom stereocenters. The highest BCUT2D eigenvalue weighted by molar-refractivity contribution is 5.63. The molecular formula is C12H17NO. The molecule has 0 aromatic heterocycles. The molecule has 0 heterocycles. The van der Waals surface area contributed by atoms with E-state index < -0.39 is 0 Å². The van der Waals surface area contributed by atoms with Crippen LogP contribution in [0.1, 0.15) is 25.3 Å². The zero-order valence-electron chi connectivity index (χ0n) is 8.68. The van der Waals surface area contributed by atoms with Crippen LogP contribution in [0.2, 0.25) is 0 Å². The molecule has 0 spiro atoms. The summed E-state index contributed by atoms with van der Waals surface area (Å²) in [6.45, 7) is 4.06. The number of carbonyl (C=O) groups is 1. The van der Waals surface area contributed by atoms with Crippen LogP contribution in [0.15, 0.2) is 30.3 Å². The number of benzene rings is 1. The summed E-state index contributed by atoms with van der Waals surface area (Å²) in [5, 5.41) is 0. The van der Waals surface area contributed by atoms with E-state index in [0.29, 0.717) is 5.92 Å². The highest BCUT2D eigenvalue weighted by Gasteiger charge is 2.21. The quantitative estimate of drug-likeness (QED) is 0.739. The molecule has 14 heavy (non-hydrogen) atoms. The van der Waals surface area contributed by atoms with Gasteiger partial charge in [-0.15, -0.1) is 0 Å². The Kier molecular flexibility index (Phi) is 3.84. The van der Waals surface area contributed by atoms with Gasteiger partial charge in [0.2, 0.25) is 0 Å². The molecule has 2 N–H and O–H groups in total. The van der Waals surface area contributed by atoms with Crippen LogP contribution in [0.4, 0.5) is 0 Å². The minimum absolute atomic E-state index is 0.102. The number of hydrogen-bond donors (Lipinski definition) is 1. The molecule has 2 nitrogen and oxygen atoms in total. The van der Waals surface area contributed by atoms with Gasteiger partial charge in [0.05, 0.1) is 5.92 Å². The van der Waals surface area contributed by atoms with Gasteiger partial charge in [-0.1, -0.05) is 44.2 Å². The average molecular weight is 191 g/mol. The first-order valence-corrected chi connectivity index (χ1v) is 4.92. The van der Waals surface area contributed by atoms with Crippen molar-refractivity contribution in [2.45, 2.75) is 25.8 Å². The van der Waals surface area contributed by atoms with Crippen molar-refractivity contribution in [3.8, 4) is 0 Å². The Morgan fingerprint density at radius 2 is 1.79 bits per heavy atom. The molecule has 76 valence electrons. The van der Waals surface area contributed by atoms with Crippen molar-refractivity contribution in [2.24, 2.45) is 11.7 Å². The second-order valence-electron chi connectivity index (χ2n) is 3.89. The van der Waals surface area contributed by atoms with Gasteiger partial charge in [0, 0.05) is 6.04 Å². The smallest absolute Gasteiger partial charge is 0.129 e. The normalized spacial score (nSPS) is 15.1. The molecule has 0 aliphatic rings. The molecule has 0 unspecified atom stereocenters. The van der Waals surface area contributed by atoms with Crippen LogP contribution >= 0.6 is 0 Å². The lowest BCUT2D eigenvalue weighted by Gasteiger charge is -2.22. The summed E-state index contributed by atoms with van der Waals surface area (Å²) in [6, 6.07) is 9.59. The first-order valence-electron chi connectivity index (χ1n) is 4.92. The molecular weight excluding hydrogens is 174 g/mol. The summed E-state index contributed by atoms with van der Waals surface area (Å²) in [6.07, 6.45) is 0.944. The van der Waals surface area contributed by atoms with Crippen LogP contribution in [0.3, 0.4) is 0 Å². The summed E-state index contributed by atoms with van der Waals surface area (Å²) in [7, 11) is 0. The molecule has 0 radical (unpaired) electrons. The Labute approximate surface area is 85.1 Å². The molecule has 2 heteroatoms. The van der Waals surface area contributed by atoms with E-state index in [1.54, 1.807) is 0 Å². The van der Waals surface area contributed by atoms with E-state index in [1.165, 1.54) is 0 Å². The number of hydrogen-bond acceptors (Lipinski definition) is 2. The van der Waals surface area contributed by atoms with Crippen molar-refractivity contribution in [3.05, 3.63) is 35.9 Å². The summed E-state index contributed by atoms with van der Waals surface area (Å²) in [5.41, 5.74) is 6.98. The maximum absolute atomic E-state index is 11.0. The number of rotatable bonds is 4. The lowest BCUT2D eigenvalue weighted by molar-refractivity contribution is -0.109. The molecule has 0 bridgehead atoms. The van der Waals surface area contributed by atoms with E-state index >= 15 is 0 Å². The first-order chi connectivity index (χ1) is 6.66. The summed E-state index contributed by atoms with van der Waals surface area (Å²) < 4.78 is 0. The zero-order valence-corrected chi connectivity index (χ0v) is 8.68. The number of carbonyl (C=O) groups excluding carboxylic acids is 1. The number of aldehydes is 1. The molecule has 0 fully saturated rings. The lowest BCUT2D eigenvalue weighted by atomic mass is 9.87. The van der Waals surface area contributed by atoms with E-state index in [4.69, 9.17) is 5.73 Å². The largest absolute Gasteiger partial charge is 0.327 e. The molecule has 1 aromatic rings. The summed E-state index contributed by atoms with van der Waals surface area (Å²) in [5.74, 6) is 0.126. The predicted octanol–water partition coefficient (Wildman–Crippen LogP) is 1.95. The van der Waals surface area contributed by atoms with Crippen LogP contribution in [0.5, 0.6) is 0 Å². The van der Waals surface area contributed by atoms with Crippen LogP contribution in [0, 0.1) is 5.92 Å². The fraction of sp³-hybridized carbons (Fsp3) is 0.417. The van der Waals surface area contributed by atoms with Gasteiger partial charge in [-0.05, 0) is 11.5 Å². The van der Waals surface area contributed by atoms with Crippen molar-refractivity contribution in [3.63, 3.8) is 0 Å². The minimum atomic E-state index is -0.184. The van der Waals surface area contributed by atoms with Crippen LogP contribution in [-0.2, 0) is 4.79 Å². The van der Waals surface area contributed by atoms with Gasteiger partial charge in [-0.25, -0.2) is 0 Å². The Morgan fingerprint density at radius 3 is 2.21 bits per heavy atom. The molecule has 0 saturated carbocycles. The standard InChI is InChI=1S/C12H17NO/c1-9(2)12(13)11(8-14)10-6-4-3-5-7-10/h3-9,11-12H,13H2,1-2H3/t11-,12+/m1/s1. The Bertz CT molecular complexity index is 282. The molecule has 1 aromatic carbocycles. The van der Waals surface area contributed by atoms with Crippen molar-refractivity contribution in [1.82, 2.24) is 0 Å². The van der Waals surface area contributed by atoms with Gasteiger partial charge in [-0.2, -0.15) is 0 Å².